The average molecular weight is 504 g/mol. The van der Waals surface area contributed by atoms with Gasteiger partial charge in [-0.25, -0.2) is 4.79 Å². The molecule has 8 nitrogen and oxygen atoms in total. The molecule has 0 saturated carbocycles. The van der Waals surface area contributed by atoms with Crippen molar-refractivity contribution in [3.63, 3.8) is 0 Å². The van der Waals surface area contributed by atoms with E-state index in [9.17, 15) is 19.5 Å². The second kappa shape index (κ2) is 11.2. The number of amides is 2. The lowest BCUT2D eigenvalue weighted by molar-refractivity contribution is -0.121. The molecule has 0 spiro atoms. The molecule has 0 atom stereocenters. The predicted octanol–water partition coefficient (Wildman–Crippen LogP) is 3.23. The lowest BCUT2D eigenvalue weighted by atomic mass is 10.1. The minimum atomic E-state index is -1.08. The number of anilines is 2. The van der Waals surface area contributed by atoms with Gasteiger partial charge in [0.25, 0.3) is 0 Å². The van der Waals surface area contributed by atoms with Crippen LogP contribution in [0.25, 0.3) is 0 Å². The summed E-state index contributed by atoms with van der Waals surface area (Å²) in [6.45, 7) is 4.41. The minimum absolute atomic E-state index is 0.0736. The normalized spacial score (nSPS) is 16.4. The van der Waals surface area contributed by atoms with Gasteiger partial charge >= 0.3 is 5.97 Å². The molecule has 0 aliphatic carbocycles. The van der Waals surface area contributed by atoms with E-state index in [1.807, 2.05) is 12.1 Å². The van der Waals surface area contributed by atoms with Crippen LogP contribution in [0.5, 0.6) is 0 Å². The summed E-state index contributed by atoms with van der Waals surface area (Å²) < 4.78 is 5.38. The Hall–Kier alpha value is -2.59. The highest BCUT2D eigenvalue weighted by molar-refractivity contribution is 8.00. The van der Waals surface area contributed by atoms with E-state index in [0.717, 1.165) is 31.0 Å². The first-order valence-corrected chi connectivity index (χ1v) is 12.5. The first-order valence-electron chi connectivity index (χ1n) is 11.1. The molecule has 1 N–H and O–H groups in total. The summed E-state index contributed by atoms with van der Waals surface area (Å²) in [6.07, 6.45) is 0.770. The molecular weight excluding hydrogens is 478 g/mol. The summed E-state index contributed by atoms with van der Waals surface area (Å²) in [5.41, 5.74) is 1.09. The van der Waals surface area contributed by atoms with E-state index in [0.29, 0.717) is 36.2 Å². The zero-order valence-corrected chi connectivity index (χ0v) is 20.2. The molecule has 1 saturated heterocycles. The van der Waals surface area contributed by atoms with Crippen molar-refractivity contribution in [3.8, 4) is 0 Å². The molecule has 1 fully saturated rings. The molecule has 10 heteroatoms. The van der Waals surface area contributed by atoms with Gasteiger partial charge in [-0.05, 0) is 48.9 Å². The number of ether oxygens (including phenoxy) is 1. The van der Waals surface area contributed by atoms with E-state index in [4.69, 9.17) is 16.3 Å². The van der Waals surface area contributed by atoms with Crippen molar-refractivity contribution in [1.29, 1.82) is 0 Å². The van der Waals surface area contributed by atoms with Crippen LogP contribution in [0.1, 0.15) is 16.8 Å². The first kappa shape index (κ1) is 24.5. The minimum Gasteiger partial charge on any atom is -0.478 e. The fraction of sp³-hybridized carbons (Fsp3) is 0.375. The number of carbonyl (C=O) groups is 3. The van der Waals surface area contributed by atoms with Crippen LogP contribution >= 0.6 is 23.4 Å². The van der Waals surface area contributed by atoms with Gasteiger partial charge < -0.3 is 19.6 Å². The Morgan fingerprint density at radius 3 is 2.47 bits per heavy atom. The Morgan fingerprint density at radius 1 is 1.03 bits per heavy atom. The molecular formula is C24H26ClN3O5S. The lowest BCUT2D eigenvalue weighted by Gasteiger charge is -2.37. The molecule has 2 aromatic rings. The topological polar surface area (TPSA) is 90.4 Å². The molecule has 0 aromatic heterocycles. The van der Waals surface area contributed by atoms with Gasteiger partial charge in [0.2, 0.25) is 11.8 Å². The fourth-order valence-corrected chi connectivity index (χ4v) is 4.94. The molecule has 2 aliphatic rings. The molecule has 34 heavy (non-hydrogen) atoms. The molecule has 4 rings (SSSR count). The third-order valence-electron chi connectivity index (χ3n) is 5.84. The number of carboxylic acid groups (broad SMARTS) is 1. The third-order valence-corrected chi connectivity index (χ3v) is 7.08. The highest BCUT2D eigenvalue weighted by atomic mass is 35.5. The molecule has 2 aliphatic heterocycles. The molecule has 2 aromatic carbocycles. The van der Waals surface area contributed by atoms with Gasteiger partial charge in [0.1, 0.15) is 6.54 Å². The summed E-state index contributed by atoms with van der Waals surface area (Å²) in [5.74, 6) is -1.41. The van der Waals surface area contributed by atoms with Crippen LogP contribution in [-0.4, -0.2) is 79.5 Å². The van der Waals surface area contributed by atoms with Crippen molar-refractivity contribution < 1.29 is 24.2 Å². The van der Waals surface area contributed by atoms with Crippen molar-refractivity contribution >= 4 is 52.5 Å². The zero-order valence-electron chi connectivity index (χ0n) is 18.6. The van der Waals surface area contributed by atoms with Gasteiger partial charge in [0.15, 0.2) is 0 Å². The van der Waals surface area contributed by atoms with Gasteiger partial charge in [0, 0.05) is 36.1 Å². The number of fused-ring (bicyclic) bond motifs is 1. The van der Waals surface area contributed by atoms with Crippen LogP contribution < -0.4 is 9.80 Å². The standard InChI is InChI=1S/C24H26ClN3O5S/c25-18-3-5-19(6-4-18)34-16-23(30)28-15-22(29)27(9-1-8-26-10-12-33-13-11-26)20-7-2-17(24(31)32)14-21(20)28/h2-7,14H,1,8-13,15-16H2,(H,31,32). The number of nitrogens with zero attached hydrogens (tertiary/aromatic N) is 3. The van der Waals surface area contributed by atoms with Crippen molar-refractivity contribution in [2.75, 3.05) is 61.5 Å². The molecule has 0 radical (unpaired) electrons. The first-order chi connectivity index (χ1) is 16.4. The molecule has 0 bridgehead atoms. The number of hydrogen-bond acceptors (Lipinski definition) is 6. The zero-order chi connectivity index (χ0) is 24.1. The number of morpholine rings is 1. The van der Waals surface area contributed by atoms with Crippen LogP contribution in [0, 0.1) is 0 Å². The molecule has 2 amide bonds. The SMILES string of the molecule is O=C(O)c1ccc2c(c1)N(C(=O)CSc1ccc(Cl)cc1)CC(=O)N2CCCN1CCOCC1. The van der Waals surface area contributed by atoms with Crippen LogP contribution in [0.15, 0.2) is 47.4 Å². The maximum atomic E-state index is 13.1. The van der Waals surface area contributed by atoms with Crippen molar-refractivity contribution in [1.82, 2.24) is 4.90 Å². The lowest BCUT2D eigenvalue weighted by Crippen LogP contribution is -2.49. The van der Waals surface area contributed by atoms with Crippen LogP contribution in [0.3, 0.4) is 0 Å². The summed E-state index contributed by atoms with van der Waals surface area (Å²) >= 11 is 7.26. The second-order valence-corrected chi connectivity index (χ2v) is 9.57. The Balaban J connectivity index is 1.49. The van der Waals surface area contributed by atoms with Crippen molar-refractivity contribution in [2.24, 2.45) is 0 Å². The van der Waals surface area contributed by atoms with Gasteiger partial charge in [-0.2, -0.15) is 0 Å². The average Bonchev–Trinajstić information content (AvgIpc) is 2.84. The third kappa shape index (κ3) is 5.90. The maximum absolute atomic E-state index is 13.1. The maximum Gasteiger partial charge on any atom is 0.335 e. The largest absolute Gasteiger partial charge is 0.478 e. The van der Waals surface area contributed by atoms with E-state index in [2.05, 4.69) is 4.90 Å². The van der Waals surface area contributed by atoms with Crippen molar-refractivity contribution in [2.45, 2.75) is 11.3 Å². The summed E-state index contributed by atoms with van der Waals surface area (Å²) in [7, 11) is 0. The number of hydrogen-bond donors (Lipinski definition) is 1. The second-order valence-electron chi connectivity index (χ2n) is 8.08. The smallest absolute Gasteiger partial charge is 0.335 e. The van der Waals surface area contributed by atoms with E-state index in [-0.39, 0.29) is 29.7 Å². The van der Waals surface area contributed by atoms with Gasteiger partial charge in [-0.15, -0.1) is 11.8 Å². The Labute approximate surface area is 207 Å². The van der Waals surface area contributed by atoms with Crippen LogP contribution in [0.2, 0.25) is 5.02 Å². The quantitative estimate of drug-likeness (QED) is 0.553. The van der Waals surface area contributed by atoms with Gasteiger partial charge in [-0.1, -0.05) is 11.6 Å². The number of thioether (sulfide) groups is 1. The van der Waals surface area contributed by atoms with Crippen molar-refractivity contribution in [3.05, 3.63) is 53.1 Å². The number of halogens is 1. The highest BCUT2D eigenvalue weighted by Crippen LogP contribution is 2.35. The number of aromatic carboxylic acids is 1. The van der Waals surface area contributed by atoms with E-state index in [1.54, 1.807) is 23.1 Å². The summed E-state index contributed by atoms with van der Waals surface area (Å²) in [4.78, 5) is 44.0. The summed E-state index contributed by atoms with van der Waals surface area (Å²) in [5, 5.41) is 10.1. The Bertz CT molecular complexity index is 1060. The predicted molar refractivity (Wildman–Crippen MR) is 132 cm³/mol. The number of rotatable bonds is 8. The Kier molecular flexibility index (Phi) is 8.10. The van der Waals surface area contributed by atoms with E-state index in [1.165, 1.54) is 28.8 Å². The number of carbonyl (C=O) groups excluding carboxylic acids is 2. The molecule has 2 heterocycles. The Morgan fingerprint density at radius 2 is 1.76 bits per heavy atom. The fourth-order valence-electron chi connectivity index (χ4n) is 4.04. The number of carboxylic acids is 1. The molecule has 0 unspecified atom stereocenters. The van der Waals surface area contributed by atoms with Gasteiger partial charge in [-0.3, -0.25) is 14.5 Å². The van der Waals surface area contributed by atoms with Gasteiger partial charge in [0.05, 0.1) is 35.9 Å². The monoisotopic (exact) mass is 503 g/mol. The summed E-state index contributed by atoms with van der Waals surface area (Å²) in [6, 6.07) is 11.7. The number of benzene rings is 2. The van der Waals surface area contributed by atoms with Crippen LogP contribution in [-0.2, 0) is 14.3 Å². The van der Waals surface area contributed by atoms with E-state index >= 15 is 0 Å². The highest BCUT2D eigenvalue weighted by Gasteiger charge is 2.33. The molecule has 180 valence electrons. The van der Waals surface area contributed by atoms with Crippen LogP contribution in [0.4, 0.5) is 11.4 Å². The van der Waals surface area contributed by atoms with E-state index < -0.39 is 5.97 Å².